The average Bonchev–Trinajstić information content (AvgIpc) is 2.78. The number of hydrogen-bond donors (Lipinski definition) is 0. The SMILES string of the molecule is C=C/C=C1\C(=C/C)CCC1C(C)C.CC.CC. The van der Waals surface area contributed by atoms with Gasteiger partial charge in [0.15, 0.2) is 0 Å². The summed E-state index contributed by atoms with van der Waals surface area (Å²) in [6.45, 7) is 18.5. The van der Waals surface area contributed by atoms with Gasteiger partial charge in [-0.25, -0.2) is 0 Å². The van der Waals surface area contributed by atoms with Crippen LogP contribution < -0.4 is 0 Å². The van der Waals surface area contributed by atoms with Gasteiger partial charge >= 0.3 is 0 Å². The van der Waals surface area contributed by atoms with Crippen molar-refractivity contribution in [1.29, 1.82) is 0 Å². The standard InChI is InChI=1S/C13H20.2C2H6/c1-5-7-13-11(6-2)8-9-12(13)10(3)4;2*1-2/h5-7,10,12H,1,8-9H2,2-4H3;2*1-2H3/b11-6-,13-7+;;. The van der Waals surface area contributed by atoms with Crippen LogP contribution in [-0.2, 0) is 0 Å². The maximum atomic E-state index is 3.78. The molecule has 1 saturated carbocycles. The molecule has 0 aromatic heterocycles. The van der Waals surface area contributed by atoms with E-state index in [1.165, 1.54) is 24.0 Å². The van der Waals surface area contributed by atoms with Crippen LogP contribution in [0.5, 0.6) is 0 Å². The number of rotatable bonds is 2. The van der Waals surface area contributed by atoms with Crippen LogP contribution in [0.3, 0.4) is 0 Å². The second-order valence-corrected chi connectivity index (χ2v) is 4.06. The quantitative estimate of drug-likeness (QED) is 0.538. The van der Waals surface area contributed by atoms with Crippen molar-refractivity contribution in [2.24, 2.45) is 11.8 Å². The Morgan fingerprint density at radius 2 is 1.71 bits per heavy atom. The molecule has 0 amide bonds. The van der Waals surface area contributed by atoms with Crippen molar-refractivity contribution in [3.8, 4) is 0 Å². The van der Waals surface area contributed by atoms with Crippen LogP contribution in [0, 0.1) is 11.8 Å². The van der Waals surface area contributed by atoms with Gasteiger partial charge in [-0.3, -0.25) is 0 Å². The van der Waals surface area contributed by atoms with Gasteiger partial charge in [-0.15, -0.1) is 0 Å². The molecular formula is C17H32. The van der Waals surface area contributed by atoms with Gasteiger partial charge in [0.25, 0.3) is 0 Å². The zero-order valence-electron chi connectivity index (χ0n) is 13.0. The first-order valence-corrected chi connectivity index (χ1v) is 7.18. The molecule has 1 rings (SSSR count). The Morgan fingerprint density at radius 1 is 1.18 bits per heavy atom. The molecule has 1 aliphatic rings. The van der Waals surface area contributed by atoms with Crippen molar-refractivity contribution in [2.75, 3.05) is 0 Å². The summed E-state index contributed by atoms with van der Waals surface area (Å²) in [6.07, 6.45) is 8.92. The molecule has 1 atom stereocenters. The first-order chi connectivity index (χ1) is 8.20. The predicted octanol–water partition coefficient (Wildman–Crippen LogP) is 6.16. The van der Waals surface area contributed by atoms with Gasteiger partial charge < -0.3 is 0 Å². The van der Waals surface area contributed by atoms with Gasteiger partial charge in [0, 0.05) is 0 Å². The molecule has 0 bridgehead atoms. The van der Waals surface area contributed by atoms with E-state index in [9.17, 15) is 0 Å². The van der Waals surface area contributed by atoms with E-state index in [1.54, 1.807) is 0 Å². The van der Waals surface area contributed by atoms with E-state index in [4.69, 9.17) is 0 Å². The minimum Gasteiger partial charge on any atom is -0.0991 e. The summed E-state index contributed by atoms with van der Waals surface area (Å²) in [6, 6.07) is 0. The topological polar surface area (TPSA) is 0 Å². The van der Waals surface area contributed by atoms with Crippen LogP contribution >= 0.6 is 0 Å². The summed E-state index contributed by atoms with van der Waals surface area (Å²) in [5.74, 6) is 1.51. The third kappa shape index (κ3) is 5.91. The van der Waals surface area contributed by atoms with Crippen LogP contribution in [0.2, 0.25) is 0 Å². The fourth-order valence-electron chi connectivity index (χ4n) is 2.21. The molecule has 17 heavy (non-hydrogen) atoms. The van der Waals surface area contributed by atoms with Gasteiger partial charge in [0.05, 0.1) is 0 Å². The van der Waals surface area contributed by atoms with Crippen molar-refractivity contribution in [3.63, 3.8) is 0 Å². The van der Waals surface area contributed by atoms with Gasteiger partial charge in [-0.05, 0) is 42.7 Å². The monoisotopic (exact) mass is 236 g/mol. The smallest absolute Gasteiger partial charge is 0.0133 e. The molecule has 0 heteroatoms. The van der Waals surface area contributed by atoms with Crippen molar-refractivity contribution in [2.45, 2.75) is 61.3 Å². The zero-order chi connectivity index (χ0) is 13.8. The molecule has 1 aliphatic carbocycles. The predicted molar refractivity (Wildman–Crippen MR) is 82.3 cm³/mol. The molecule has 0 aromatic rings. The van der Waals surface area contributed by atoms with Crippen molar-refractivity contribution in [1.82, 2.24) is 0 Å². The van der Waals surface area contributed by atoms with Crippen LogP contribution in [-0.4, -0.2) is 0 Å². The van der Waals surface area contributed by atoms with Gasteiger partial charge in [-0.1, -0.05) is 66.3 Å². The summed E-state index contributed by atoms with van der Waals surface area (Å²) < 4.78 is 0. The molecule has 0 radical (unpaired) electrons. The molecule has 1 fully saturated rings. The summed E-state index contributed by atoms with van der Waals surface area (Å²) in [7, 11) is 0. The van der Waals surface area contributed by atoms with E-state index < -0.39 is 0 Å². The fourth-order valence-corrected chi connectivity index (χ4v) is 2.21. The Kier molecular flexibility index (Phi) is 12.8. The molecule has 0 N–H and O–H groups in total. The highest BCUT2D eigenvalue weighted by molar-refractivity contribution is 5.39. The molecular weight excluding hydrogens is 204 g/mol. The highest BCUT2D eigenvalue weighted by Gasteiger charge is 2.26. The first-order valence-electron chi connectivity index (χ1n) is 7.18. The van der Waals surface area contributed by atoms with Gasteiger partial charge in [0.2, 0.25) is 0 Å². The molecule has 0 aromatic carbocycles. The Hall–Kier alpha value is -0.780. The first kappa shape index (κ1) is 18.6. The van der Waals surface area contributed by atoms with Crippen LogP contribution in [0.25, 0.3) is 0 Å². The lowest BCUT2D eigenvalue weighted by molar-refractivity contribution is 0.453. The van der Waals surface area contributed by atoms with E-state index in [0.29, 0.717) is 0 Å². The van der Waals surface area contributed by atoms with E-state index in [2.05, 4.69) is 39.5 Å². The zero-order valence-corrected chi connectivity index (χ0v) is 13.0. The summed E-state index contributed by atoms with van der Waals surface area (Å²) in [5.41, 5.74) is 3.05. The third-order valence-electron chi connectivity index (χ3n) is 2.95. The molecule has 0 aliphatic heterocycles. The second kappa shape index (κ2) is 11.7. The third-order valence-corrected chi connectivity index (χ3v) is 2.95. The Labute approximate surface area is 110 Å². The van der Waals surface area contributed by atoms with E-state index in [-0.39, 0.29) is 0 Å². The molecule has 0 spiro atoms. The van der Waals surface area contributed by atoms with Crippen LogP contribution in [0.4, 0.5) is 0 Å². The van der Waals surface area contributed by atoms with Crippen molar-refractivity contribution < 1.29 is 0 Å². The highest BCUT2D eigenvalue weighted by Crippen LogP contribution is 2.40. The van der Waals surface area contributed by atoms with Crippen LogP contribution in [0.1, 0.15) is 61.3 Å². The Morgan fingerprint density at radius 3 is 2.06 bits per heavy atom. The molecule has 0 nitrogen and oxygen atoms in total. The van der Waals surface area contributed by atoms with E-state index in [0.717, 1.165) is 11.8 Å². The number of allylic oxidation sites excluding steroid dienone is 5. The van der Waals surface area contributed by atoms with Gasteiger partial charge in [0.1, 0.15) is 0 Å². The summed E-state index contributed by atoms with van der Waals surface area (Å²) in [4.78, 5) is 0. The fraction of sp³-hybridized carbons (Fsp3) is 0.647. The normalized spacial score (nSPS) is 22.9. The van der Waals surface area contributed by atoms with Gasteiger partial charge in [-0.2, -0.15) is 0 Å². The highest BCUT2D eigenvalue weighted by atomic mass is 14.3. The molecule has 1 unspecified atom stereocenters. The summed E-state index contributed by atoms with van der Waals surface area (Å²) >= 11 is 0. The maximum Gasteiger partial charge on any atom is -0.0133 e. The average molecular weight is 236 g/mol. The lowest BCUT2D eigenvalue weighted by Gasteiger charge is -2.16. The van der Waals surface area contributed by atoms with E-state index >= 15 is 0 Å². The lowest BCUT2D eigenvalue weighted by Crippen LogP contribution is -2.05. The molecule has 0 heterocycles. The lowest BCUT2D eigenvalue weighted by atomic mass is 9.89. The summed E-state index contributed by atoms with van der Waals surface area (Å²) in [5, 5.41) is 0. The molecule has 100 valence electrons. The minimum absolute atomic E-state index is 0.753. The maximum absolute atomic E-state index is 3.78. The van der Waals surface area contributed by atoms with Crippen molar-refractivity contribution in [3.05, 3.63) is 36.0 Å². The Balaban J connectivity index is 0. The van der Waals surface area contributed by atoms with Crippen molar-refractivity contribution >= 4 is 0 Å². The van der Waals surface area contributed by atoms with Crippen LogP contribution in [0.15, 0.2) is 36.0 Å². The minimum atomic E-state index is 0.753. The Bertz CT molecular complexity index is 241. The van der Waals surface area contributed by atoms with E-state index in [1.807, 2.05) is 33.8 Å². The molecule has 0 saturated heterocycles. The number of hydrogen-bond acceptors (Lipinski definition) is 0. The second-order valence-electron chi connectivity index (χ2n) is 4.06. The largest absolute Gasteiger partial charge is 0.0991 e.